The lowest BCUT2D eigenvalue weighted by atomic mass is 10.0. The molecule has 0 spiro atoms. The number of aryl methyl sites for hydroxylation is 1. The van der Waals surface area contributed by atoms with E-state index >= 15 is 0 Å². The Morgan fingerprint density at radius 1 is 1.32 bits per heavy atom. The Hall–Kier alpha value is -2.87. The van der Waals surface area contributed by atoms with Crippen molar-refractivity contribution >= 4 is 27.5 Å². The van der Waals surface area contributed by atoms with E-state index in [9.17, 15) is 14.4 Å². The summed E-state index contributed by atoms with van der Waals surface area (Å²) in [4.78, 5) is 39.2. The minimum atomic E-state index is -0.572. The number of methoxy groups -OCH3 is 1. The maximum Gasteiger partial charge on any atom is 0.329 e. The second kappa shape index (κ2) is 6.56. The first-order chi connectivity index (χ1) is 11.9. The van der Waals surface area contributed by atoms with Crippen LogP contribution in [-0.2, 0) is 11.3 Å². The molecule has 2 aromatic heterocycles. The summed E-state index contributed by atoms with van der Waals surface area (Å²) in [5.41, 5.74) is 6.62. The molecule has 7 nitrogen and oxygen atoms in total. The van der Waals surface area contributed by atoms with Gasteiger partial charge in [-0.2, -0.15) is 0 Å². The van der Waals surface area contributed by atoms with Gasteiger partial charge < -0.3 is 10.5 Å². The number of ether oxygens (including phenoxy) is 1. The van der Waals surface area contributed by atoms with E-state index in [4.69, 9.17) is 10.5 Å². The molecule has 3 aromatic rings. The topological polar surface area (TPSA) is 107 Å². The molecule has 25 heavy (non-hydrogen) atoms. The Balaban J connectivity index is 2.27. The molecule has 3 rings (SSSR count). The SMILES string of the molecule is COc1ccc(C)cc1-c1csc2[nH]c(=O)n(CCC(N)=O)c(=O)c12. The molecule has 0 aliphatic rings. The van der Waals surface area contributed by atoms with Crippen molar-refractivity contribution in [2.45, 2.75) is 19.9 Å². The standard InChI is InChI=1S/C17H17N3O4S/c1-9-3-4-12(24-2)10(7-9)11-8-25-15-14(11)16(22)20(17(23)19-15)6-5-13(18)21/h3-4,7-8H,5-6H2,1-2H3,(H2,18,21)(H,19,23). The van der Waals surface area contributed by atoms with E-state index in [1.54, 1.807) is 7.11 Å². The first kappa shape index (κ1) is 17.0. The van der Waals surface area contributed by atoms with Gasteiger partial charge in [-0.15, -0.1) is 11.3 Å². The summed E-state index contributed by atoms with van der Waals surface area (Å²) in [7, 11) is 1.57. The summed E-state index contributed by atoms with van der Waals surface area (Å²) in [6.07, 6.45) is -0.0816. The summed E-state index contributed by atoms with van der Waals surface area (Å²) in [5.74, 6) is 0.0666. The fourth-order valence-corrected chi connectivity index (χ4v) is 3.65. The van der Waals surface area contributed by atoms with Gasteiger partial charge in [0.15, 0.2) is 0 Å². The number of nitrogens with two attached hydrogens (primary N) is 1. The monoisotopic (exact) mass is 359 g/mol. The van der Waals surface area contributed by atoms with Crippen LogP contribution in [0.1, 0.15) is 12.0 Å². The molecular weight excluding hydrogens is 342 g/mol. The molecule has 1 amide bonds. The highest BCUT2D eigenvalue weighted by Crippen LogP contribution is 2.36. The zero-order valence-electron chi connectivity index (χ0n) is 13.8. The van der Waals surface area contributed by atoms with Crippen LogP contribution in [0.2, 0.25) is 0 Å². The molecular formula is C17H17N3O4S. The van der Waals surface area contributed by atoms with Crippen LogP contribution in [0, 0.1) is 6.92 Å². The fourth-order valence-electron chi connectivity index (χ4n) is 2.71. The third-order valence-corrected chi connectivity index (χ3v) is 4.84. The first-order valence-electron chi connectivity index (χ1n) is 7.60. The van der Waals surface area contributed by atoms with Crippen LogP contribution < -0.4 is 21.7 Å². The van der Waals surface area contributed by atoms with Crippen LogP contribution in [0.5, 0.6) is 5.75 Å². The highest BCUT2D eigenvalue weighted by molar-refractivity contribution is 7.17. The lowest BCUT2D eigenvalue weighted by molar-refractivity contribution is -0.118. The number of nitrogens with one attached hydrogen (secondary N) is 1. The van der Waals surface area contributed by atoms with Crippen molar-refractivity contribution in [1.82, 2.24) is 9.55 Å². The molecule has 1 aromatic carbocycles. The Morgan fingerprint density at radius 2 is 2.08 bits per heavy atom. The van der Waals surface area contributed by atoms with Gasteiger partial charge in [-0.1, -0.05) is 11.6 Å². The van der Waals surface area contributed by atoms with Crippen molar-refractivity contribution in [3.05, 3.63) is 50.0 Å². The number of amides is 1. The third-order valence-electron chi connectivity index (χ3n) is 3.94. The normalized spacial score (nSPS) is 11.0. The molecule has 2 heterocycles. The smallest absolute Gasteiger partial charge is 0.329 e. The van der Waals surface area contributed by atoms with Gasteiger partial charge in [0, 0.05) is 29.5 Å². The lowest BCUT2D eigenvalue weighted by Gasteiger charge is -2.09. The van der Waals surface area contributed by atoms with Crippen molar-refractivity contribution in [3.8, 4) is 16.9 Å². The first-order valence-corrected chi connectivity index (χ1v) is 8.48. The number of rotatable bonds is 5. The van der Waals surface area contributed by atoms with E-state index in [1.807, 2.05) is 30.5 Å². The molecule has 0 radical (unpaired) electrons. The number of aromatic nitrogens is 2. The zero-order chi connectivity index (χ0) is 18.1. The Bertz CT molecular complexity index is 1080. The van der Waals surface area contributed by atoms with Gasteiger partial charge in [-0.25, -0.2) is 4.79 Å². The van der Waals surface area contributed by atoms with Gasteiger partial charge in [-0.3, -0.25) is 19.1 Å². The van der Waals surface area contributed by atoms with Gasteiger partial charge in [0.1, 0.15) is 10.6 Å². The van der Waals surface area contributed by atoms with E-state index in [-0.39, 0.29) is 13.0 Å². The predicted molar refractivity (Wildman–Crippen MR) is 97.2 cm³/mol. The number of nitrogens with zero attached hydrogens (tertiary/aromatic N) is 1. The summed E-state index contributed by atoms with van der Waals surface area (Å²) < 4.78 is 6.41. The van der Waals surface area contributed by atoms with Crippen LogP contribution >= 0.6 is 11.3 Å². The molecule has 0 unspecified atom stereocenters. The quantitative estimate of drug-likeness (QED) is 0.721. The Morgan fingerprint density at radius 3 is 2.76 bits per heavy atom. The van der Waals surface area contributed by atoms with E-state index < -0.39 is 17.2 Å². The molecule has 3 N–H and O–H groups in total. The van der Waals surface area contributed by atoms with Gasteiger partial charge in [0.05, 0.1) is 12.5 Å². The maximum atomic E-state index is 12.9. The van der Waals surface area contributed by atoms with Crippen molar-refractivity contribution in [2.75, 3.05) is 7.11 Å². The largest absolute Gasteiger partial charge is 0.496 e. The average molecular weight is 359 g/mol. The Kier molecular flexibility index (Phi) is 4.45. The number of fused-ring (bicyclic) bond motifs is 1. The second-order valence-electron chi connectivity index (χ2n) is 5.66. The minimum Gasteiger partial charge on any atom is -0.496 e. The number of hydrogen-bond acceptors (Lipinski definition) is 5. The maximum absolute atomic E-state index is 12.9. The summed E-state index contributed by atoms with van der Waals surface area (Å²) in [5, 5.41) is 2.22. The van der Waals surface area contributed by atoms with Crippen molar-refractivity contribution < 1.29 is 9.53 Å². The lowest BCUT2D eigenvalue weighted by Crippen LogP contribution is -2.36. The van der Waals surface area contributed by atoms with Gasteiger partial charge in [0.25, 0.3) is 5.56 Å². The van der Waals surface area contributed by atoms with E-state index in [0.717, 1.165) is 15.7 Å². The van der Waals surface area contributed by atoms with Crippen molar-refractivity contribution in [2.24, 2.45) is 5.73 Å². The van der Waals surface area contributed by atoms with Crippen LogP contribution in [0.3, 0.4) is 0 Å². The molecule has 0 aliphatic heterocycles. The molecule has 8 heteroatoms. The van der Waals surface area contributed by atoms with Crippen LogP contribution in [-0.4, -0.2) is 22.6 Å². The number of benzene rings is 1. The van der Waals surface area contributed by atoms with Gasteiger partial charge in [0.2, 0.25) is 5.91 Å². The number of carbonyl (C=O) groups excluding carboxylic acids is 1. The molecule has 0 fully saturated rings. The minimum absolute atomic E-state index is 0.0559. The molecule has 0 saturated heterocycles. The molecule has 0 bridgehead atoms. The zero-order valence-corrected chi connectivity index (χ0v) is 14.6. The van der Waals surface area contributed by atoms with Crippen LogP contribution in [0.25, 0.3) is 21.3 Å². The molecule has 0 saturated carbocycles. The highest BCUT2D eigenvalue weighted by atomic mass is 32.1. The summed E-state index contributed by atoms with van der Waals surface area (Å²) >= 11 is 1.28. The van der Waals surface area contributed by atoms with E-state index in [0.29, 0.717) is 21.5 Å². The predicted octanol–water partition coefficient (Wildman–Crippen LogP) is 1.61. The number of thiophene rings is 1. The summed E-state index contributed by atoms with van der Waals surface area (Å²) in [6.45, 7) is 1.89. The van der Waals surface area contributed by atoms with Crippen molar-refractivity contribution in [3.63, 3.8) is 0 Å². The van der Waals surface area contributed by atoms with E-state index in [1.165, 1.54) is 11.3 Å². The fraction of sp³-hybridized carbons (Fsp3) is 0.235. The number of carbonyl (C=O) groups is 1. The van der Waals surface area contributed by atoms with Crippen LogP contribution in [0.4, 0.5) is 0 Å². The summed E-state index contributed by atoms with van der Waals surface area (Å²) in [6, 6.07) is 5.69. The number of H-pyrrole nitrogens is 1. The van der Waals surface area contributed by atoms with Gasteiger partial charge >= 0.3 is 5.69 Å². The number of aromatic amines is 1. The van der Waals surface area contributed by atoms with Crippen molar-refractivity contribution in [1.29, 1.82) is 0 Å². The molecule has 0 aliphatic carbocycles. The number of primary amides is 1. The molecule has 130 valence electrons. The van der Waals surface area contributed by atoms with Gasteiger partial charge in [-0.05, 0) is 19.1 Å². The highest BCUT2D eigenvalue weighted by Gasteiger charge is 2.17. The average Bonchev–Trinajstić information content (AvgIpc) is 2.98. The molecule has 0 atom stereocenters. The number of hydrogen-bond donors (Lipinski definition) is 2. The Labute approximate surface area is 146 Å². The van der Waals surface area contributed by atoms with Crippen LogP contribution in [0.15, 0.2) is 33.2 Å². The second-order valence-corrected chi connectivity index (χ2v) is 6.54. The van der Waals surface area contributed by atoms with E-state index in [2.05, 4.69) is 4.98 Å². The third kappa shape index (κ3) is 3.08.